The summed E-state index contributed by atoms with van der Waals surface area (Å²) in [6, 6.07) is 4.08. The average Bonchev–Trinajstić information content (AvgIpc) is 2.44. The van der Waals surface area contributed by atoms with E-state index in [2.05, 4.69) is 5.32 Å². The second-order valence-electron chi connectivity index (χ2n) is 4.69. The molecule has 0 amide bonds. The lowest BCUT2D eigenvalue weighted by atomic mass is 10.3. The van der Waals surface area contributed by atoms with Gasteiger partial charge in [0.15, 0.2) is 4.90 Å². The molecule has 21 heavy (non-hydrogen) atoms. The summed E-state index contributed by atoms with van der Waals surface area (Å²) in [6.07, 6.45) is 1.51. The molecular formula is C13H21N3O4S. The fraction of sp³-hybridized carbons (Fsp3) is 0.538. The molecule has 0 aliphatic rings. The van der Waals surface area contributed by atoms with Gasteiger partial charge in [-0.05, 0) is 25.0 Å². The van der Waals surface area contributed by atoms with Crippen LogP contribution in [0.1, 0.15) is 26.7 Å². The fourth-order valence-electron chi connectivity index (χ4n) is 1.85. The SMILES string of the molecule is CCCNc1ccc([N+](=O)[O-])c(S(=O)(=O)N(C)CCC)c1. The molecule has 8 heteroatoms. The molecule has 1 rings (SSSR count). The lowest BCUT2D eigenvalue weighted by molar-refractivity contribution is -0.387. The van der Waals surface area contributed by atoms with Crippen molar-refractivity contribution in [3.8, 4) is 0 Å². The Morgan fingerprint density at radius 2 is 1.95 bits per heavy atom. The van der Waals surface area contributed by atoms with Gasteiger partial charge in [0, 0.05) is 31.9 Å². The summed E-state index contributed by atoms with van der Waals surface area (Å²) in [6.45, 7) is 4.80. The highest BCUT2D eigenvalue weighted by Gasteiger charge is 2.29. The number of nitrogens with one attached hydrogen (secondary N) is 1. The molecular weight excluding hydrogens is 294 g/mol. The van der Waals surface area contributed by atoms with Gasteiger partial charge in [0.05, 0.1) is 4.92 Å². The Bertz CT molecular complexity index is 601. The first kappa shape index (κ1) is 17.4. The summed E-state index contributed by atoms with van der Waals surface area (Å²) in [5.74, 6) is 0. The van der Waals surface area contributed by atoms with E-state index in [-0.39, 0.29) is 4.90 Å². The third-order valence-electron chi connectivity index (χ3n) is 2.96. The van der Waals surface area contributed by atoms with E-state index in [0.717, 1.165) is 10.7 Å². The van der Waals surface area contributed by atoms with Crippen molar-refractivity contribution >= 4 is 21.4 Å². The second-order valence-corrected chi connectivity index (χ2v) is 6.71. The molecule has 0 aromatic heterocycles. The van der Waals surface area contributed by atoms with E-state index in [1.54, 1.807) is 0 Å². The predicted octanol–water partition coefficient (Wildman–Crippen LogP) is 2.45. The standard InChI is InChI=1S/C13H21N3O4S/c1-4-8-14-11-6-7-12(16(17)18)13(10-11)21(19,20)15(3)9-5-2/h6-7,10,14H,4-5,8-9H2,1-3H3. The maximum atomic E-state index is 12.5. The van der Waals surface area contributed by atoms with Gasteiger partial charge in [-0.3, -0.25) is 10.1 Å². The van der Waals surface area contributed by atoms with Crippen LogP contribution in [0.3, 0.4) is 0 Å². The lowest BCUT2D eigenvalue weighted by Gasteiger charge is -2.17. The summed E-state index contributed by atoms with van der Waals surface area (Å²) < 4.78 is 26.1. The van der Waals surface area contributed by atoms with Gasteiger partial charge in [0.2, 0.25) is 10.0 Å². The Hall–Kier alpha value is -1.67. The molecule has 0 radical (unpaired) electrons. The Morgan fingerprint density at radius 1 is 1.29 bits per heavy atom. The smallest absolute Gasteiger partial charge is 0.289 e. The molecule has 0 saturated carbocycles. The number of anilines is 1. The van der Waals surface area contributed by atoms with Gasteiger partial charge in [0.25, 0.3) is 5.69 Å². The van der Waals surface area contributed by atoms with Crippen molar-refractivity contribution < 1.29 is 13.3 Å². The third kappa shape index (κ3) is 4.15. The van der Waals surface area contributed by atoms with E-state index in [1.165, 1.54) is 25.2 Å². The van der Waals surface area contributed by atoms with Gasteiger partial charge in [-0.1, -0.05) is 13.8 Å². The minimum atomic E-state index is -3.87. The zero-order valence-electron chi connectivity index (χ0n) is 12.5. The Kier molecular flexibility index (Phi) is 6.10. The highest BCUT2D eigenvalue weighted by Crippen LogP contribution is 2.29. The van der Waals surface area contributed by atoms with Crippen molar-refractivity contribution in [2.24, 2.45) is 0 Å². The van der Waals surface area contributed by atoms with E-state index in [1.807, 2.05) is 13.8 Å². The summed E-state index contributed by atoms with van der Waals surface area (Å²) in [7, 11) is -2.45. The van der Waals surface area contributed by atoms with Crippen LogP contribution in [0.5, 0.6) is 0 Å². The monoisotopic (exact) mass is 315 g/mol. The van der Waals surface area contributed by atoms with Gasteiger partial charge >= 0.3 is 0 Å². The number of nitro benzene ring substituents is 1. The van der Waals surface area contributed by atoms with Crippen molar-refractivity contribution in [3.63, 3.8) is 0 Å². The van der Waals surface area contributed by atoms with Crippen molar-refractivity contribution in [1.82, 2.24) is 4.31 Å². The molecule has 0 heterocycles. The van der Waals surface area contributed by atoms with Crippen LogP contribution in [0.25, 0.3) is 0 Å². The number of hydrogen-bond acceptors (Lipinski definition) is 5. The number of benzene rings is 1. The topological polar surface area (TPSA) is 92.5 Å². The molecule has 0 aliphatic carbocycles. The molecule has 0 fully saturated rings. The van der Waals surface area contributed by atoms with Crippen LogP contribution in [0, 0.1) is 10.1 Å². The fourth-order valence-corrected chi connectivity index (χ4v) is 3.30. The number of sulfonamides is 1. The van der Waals surface area contributed by atoms with Crippen LogP contribution in [0.15, 0.2) is 23.1 Å². The van der Waals surface area contributed by atoms with Crippen LogP contribution < -0.4 is 5.32 Å². The highest BCUT2D eigenvalue weighted by molar-refractivity contribution is 7.89. The Labute approximate surface area is 125 Å². The minimum absolute atomic E-state index is 0.274. The maximum absolute atomic E-state index is 12.5. The molecule has 0 aliphatic heterocycles. The van der Waals surface area contributed by atoms with Crippen molar-refractivity contribution in [1.29, 1.82) is 0 Å². The van der Waals surface area contributed by atoms with Gasteiger partial charge in [-0.15, -0.1) is 0 Å². The van der Waals surface area contributed by atoms with Crippen LogP contribution >= 0.6 is 0 Å². The molecule has 0 atom stereocenters. The summed E-state index contributed by atoms with van der Waals surface area (Å²) in [4.78, 5) is 10.1. The van der Waals surface area contributed by atoms with E-state index < -0.39 is 20.6 Å². The average molecular weight is 315 g/mol. The Morgan fingerprint density at radius 3 is 2.48 bits per heavy atom. The first-order chi connectivity index (χ1) is 9.84. The summed E-state index contributed by atoms with van der Waals surface area (Å²) in [5.41, 5.74) is 0.158. The molecule has 1 aromatic rings. The van der Waals surface area contributed by atoms with E-state index in [0.29, 0.717) is 25.2 Å². The summed E-state index contributed by atoms with van der Waals surface area (Å²) >= 11 is 0. The molecule has 0 unspecified atom stereocenters. The number of rotatable bonds is 8. The number of nitrogens with zero attached hydrogens (tertiary/aromatic N) is 2. The zero-order valence-corrected chi connectivity index (χ0v) is 13.3. The van der Waals surface area contributed by atoms with E-state index in [4.69, 9.17) is 0 Å². The van der Waals surface area contributed by atoms with Crippen molar-refractivity contribution in [2.75, 3.05) is 25.5 Å². The zero-order chi connectivity index (χ0) is 16.0. The molecule has 1 N–H and O–H groups in total. The largest absolute Gasteiger partial charge is 0.385 e. The van der Waals surface area contributed by atoms with E-state index in [9.17, 15) is 18.5 Å². The first-order valence-electron chi connectivity index (χ1n) is 6.83. The van der Waals surface area contributed by atoms with Crippen LogP contribution in [-0.4, -0.2) is 37.8 Å². The molecule has 118 valence electrons. The molecule has 7 nitrogen and oxygen atoms in total. The molecule has 0 saturated heterocycles. The quantitative estimate of drug-likeness (QED) is 0.587. The normalized spacial score (nSPS) is 11.6. The molecule has 1 aromatic carbocycles. The van der Waals surface area contributed by atoms with Crippen LogP contribution in [0.4, 0.5) is 11.4 Å². The van der Waals surface area contributed by atoms with Crippen molar-refractivity contribution in [2.45, 2.75) is 31.6 Å². The number of hydrogen-bond donors (Lipinski definition) is 1. The first-order valence-corrected chi connectivity index (χ1v) is 8.27. The number of nitro groups is 1. The van der Waals surface area contributed by atoms with Crippen LogP contribution in [-0.2, 0) is 10.0 Å². The van der Waals surface area contributed by atoms with Gasteiger partial charge in [0.1, 0.15) is 0 Å². The second kappa shape index (κ2) is 7.37. The van der Waals surface area contributed by atoms with Crippen LogP contribution in [0.2, 0.25) is 0 Å². The van der Waals surface area contributed by atoms with Gasteiger partial charge < -0.3 is 5.32 Å². The third-order valence-corrected chi connectivity index (χ3v) is 4.85. The lowest BCUT2D eigenvalue weighted by Crippen LogP contribution is -2.28. The van der Waals surface area contributed by atoms with Crippen molar-refractivity contribution in [3.05, 3.63) is 28.3 Å². The molecule has 0 spiro atoms. The highest BCUT2D eigenvalue weighted by atomic mass is 32.2. The van der Waals surface area contributed by atoms with Gasteiger partial charge in [-0.25, -0.2) is 12.7 Å². The van der Waals surface area contributed by atoms with Gasteiger partial charge in [-0.2, -0.15) is 0 Å². The minimum Gasteiger partial charge on any atom is -0.385 e. The summed E-state index contributed by atoms with van der Waals surface area (Å²) in [5, 5.41) is 14.1. The molecule has 0 bridgehead atoms. The maximum Gasteiger partial charge on any atom is 0.289 e. The Balaban J connectivity index is 3.32. The predicted molar refractivity (Wildman–Crippen MR) is 82.0 cm³/mol. The van der Waals surface area contributed by atoms with E-state index >= 15 is 0 Å².